The summed E-state index contributed by atoms with van der Waals surface area (Å²) < 4.78 is 0. The maximum absolute atomic E-state index is 11.8. The van der Waals surface area contributed by atoms with E-state index >= 15 is 0 Å². The molecule has 0 radical (unpaired) electrons. The fourth-order valence-corrected chi connectivity index (χ4v) is 3.73. The summed E-state index contributed by atoms with van der Waals surface area (Å²) >= 11 is 1.70. The number of carbonyl (C=O) groups excluding carboxylic acids is 1. The Morgan fingerprint density at radius 1 is 1.26 bits per heavy atom. The Morgan fingerprint density at radius 3 is 2.70 bits per heavy atom. The molecule has 144 valence electrons. The van der Waals surface area contributed by atoms with E-state index in [0.29, 0.717) is 19.5 Å². The van der Waals surface area contributed by atoms with E-state index in [1.165, 1.54) is 0 Å². The van der Waals surface area contributed by atoms with E-state index in [0.717, 1.165) is 53.8 Å². The van der Waals surface area contributed by atoms with Crippen molar-refractivity contribution in [3.63, 3.8) is 0 Å². The largest absolute Gasteiger partial charge is 0.357 e. The van der Waals surface area contributed by atoms with Crippen molar-refractivity contribution in [1.29, 1.82) is 0 Å². The molecule has 0 atom stereocenters. The molecule has 0 spiro atoms. The van der Waals surface area contributed by atoms with Crippen LogP contribution in [0.2, 0.25) is 0 Å². The van der Waals surface area contributed by atoms with Gasteiger partial charge in [-0.2, -0.15) is 0 Å². The third-order valence-electron chi connectivity index (χ3n) is 4.42. The Hall–Kier alpha value is -2.41. The van der Waals surface area contributed by atoms with Crippen LogP contribution in [-0.2, 0) is 24.3 Å². The second kappa shape index (κ2) is 9.50. The Balaban J connectivity index is 1.57. The quantitative estimate of drug-likeness (QED) is 0.568. The Labute approximate surface area is 164 Å². The summed E-state index contributed by atoms with van der Waals surface area (Å²) in [6.45, 7) is 7.04. The van der Waals surface area contributed by atoms with Gasteiger partial charge in [-0.1, -0.05) is 19.1 Å². The Kier molecular flexibility index (Phi) is 6.81. The third kappa shape index (κ3) is 5.29. The van der Waals surface area contributed by atoms with Crippen molar-refractivity contribution in [2.45, 2.75) is 46.2 Å². The second-order valence-corrected chi connectivity index (χ2v) is 7.39. The average molecular weight is 386 g/mol. The van der Waals surface area contributed by atoms with Gasteiger partial charge in [0.25, 0.3) is 0 Å². The van der Waals surface area contributed by atoms with Crippen molar-refractivity contribution < 1.29 is 4.79 Å². The van der Waals surface area contributed by atoms with E-state index in [1.54, 1.807) is 11.3 Å². The van der Waals surface area contributed by atoms with Crippen LogP contribution in [0.25, 0.3) is 0 Å². The van der Waals surface area contributed by atoms with Crippen molar-refractivity contribution in [2.75, 3.05) is 18.0 Å². The number of carbonyl (C=O) groups is 1. The molecule has 1 saturated heterocycles. The molecular weight excluding hydrogens is 358 g/mol. The zero-order valence-electron chi connectivity index (χ0n) is 16.0. The normalized spacial score (nSPS) is 14.7. The van der Waals surface area contributed by atoms with Crippen molar-refractivity contribution in [3.05, 3.63) is 45.9 Å². The number of nitrogens with zero attached hydrogens (tertiary/aromatic N) is 3. The molecular formula is C20H27N5OS. The highest BCUT2D eigenvalue weighted by Gasteiger charge is 2.21. The van der Waals surface area contributed by atoms with Crippen LogP contribution in [0.15, 0.2) is 34.6 Å². The molecule has 1 aromatic heterocycles. The van der Waals surface area contributed by atoms with Gasteiger partial charge in [0, 0.05) is 30.6 Å². The number of amides is 1. The standard InChI is InChI=1S/C20H27N5OS/c1-3-18-24-16(14-27-18)13-23-20(21-4-2)22-12-15-7-9-17(10-8-15)25-11-5-6-19(25)26/h7-10,14H,3-6,11-13H2,1-2H3,(H2,21,22,23). The minimum Gasteiger partial charge on any atom is -0.357 e. The molecule has 1 aromatic carbocycles. The van der Waals surface area contributed by atoms with Crippen LogP contribution in [0, 0.1) is 0 Å². The molecule has 0 unspecified atom stereocenters. The lowest BCUT2D eigenvalue weighted by atomic mass is 10.2. The number of anilines is 1. The number of hydrogen-bond acceptors (Lipinski definition) is 4. The predicted molar refractivity (Wildman–Crippen MR) is 111 cm³/mol. The molecule has 3 rings (SSSR count). The van der Waals surface area contributed by atoms with Crippen molar-refractivity contribution >= 4 is 28.9 Å². The van der Waals surface area contributed by atoms with Gasteiger partial charge in [-0.25, -0.2) is 9.98 Å². The summed E-state index contributed by atoms with van der Waals surface area (Å²) in [5, 5.41) is 9.85. The first-order valence-corrected chi connectivity index (χ1v) is 10.4. The van der Waals surface area contributed by atoms with Gasteiger partial charge in [-0.15, -0.1) is 11.3 Å². The minimum atomic E-state index is 0.215. The SMILES string of the molecule is CCNC(=NCc1ccc(N2CCCC2=O)cc1)NCc1csc(CC)n1. The molecule has 2 heterocycles. The monoisotopic (exact) mass is 385 g/mol. The second-order valence-electron chi connectivity index (χ2n) is 6.45. The number of aryl methyl sites for hydroxylation is 1. The molecule has 1 amide bonds. The summed E-state index contributed by atoms with van der Waals surface area (Å²) in [6, 6.07) is 8.11. The topological polar surface area (TPSA) is 69.6 Å². The first kappa shape index (κ1) is 19.4. The summed E-state index contributed by atoms with van der Waals surface area (Å²) in [5.41, 5.74) is 3.14. The Bertz CT molecular complexity index is 784. The summed E-state index contributed by atoms with van der Waals surface area (Å²) in [6.07, 6.45) is 2.57. The number of benzene rings is 1. The predicted octanol–water partition coefficient (Wildman–Crippen LogP) is 3.09. The highest BCUT2D eigenvalue weighted by atomic mass is 32.1. The van der Waals surface area contributed by atoms with Gasteiger partial charge in [0.15, 0.2) is 5.96 Å². The van der Waals surface area contributed by atoms with E-state index in [9.17, 15) is 4.79 Å². The maximum atomic E-state index is 11.8. The van der Waals surface area contributed by atoms with Gasteiger partial charge < -0.3 is 15.5 Å². The molecule has 2 N–H and O–H groups in total. The maximum Gasteiger partial charge on any atom is 0.227 e. The van der Waals surface area contributed by atoms with Crippen LogP contribution in [0.4, 0.5) is 5.69 Å². The Morgan fingerprint density at radius 2 is 2.07 bits per heavy atom. The van der Waals surface area contributed by atoms with E-state index in [1.807, 2.05) is 29.2 Å². The minimum absolute atomic E-state index is 0.215. The van der Waals surface area contributed by atoms with E-state index in [2.05, 4.69) is 39.8 Å². The molecule has 1 aliphatic heterocycles. The zero-order valence-corrected chi connectivity index (χ0v) is 16.8. The van der Waals surface area contributed by atoms with E-state index < -0.39 is 0 Å². The number of aliphatic imine (C=N–C) groups is 1. The lowest BCUT2D eigenvalue weighted by Crippen LogP contribution is -2.36. The first-order chi connectivity index (χ1) is 13.2. The highest BCUT2D eigenvalue weighted by Crippen LogP contribution is 2.21. The summed E-state index contributed by atoms with van der Waals surface area (Å²) in [4.78, 5) is 22.9. The van der Waals surface area contributed by atoms with Crippen LogP contribution in [0.1, 0.15) is 43.0 Å². The smallest absolute Gasteiger partial charge is 0.227 e. The molecule has 0 saturated carbocycles. The van der Waals surface area contributed by atoms with Crippen LogP contribution in [-0.4, -0.2) is 29.9 Å². The van der Waals surface area contributed by atoms with Crippen molar-refractivity contribution in [3.8, 4) is 0 Å². The van der Waals surface area contributed by atoms with Crippen LogP contribution >= 0.6 is 11.3 Å². The fourth-order valence-electron chi connectivity index (χ4n) is 2.98. The molecule has 2 aromatic rings. The van der Waals surface area contributed by atoms with Gasteiger partial charge in [-0.05, 0) is 37.5 Å². The zero-order chi connectivity index (χ0) is 19.1. The third-order valence-corrected chi connectivity index (χ3v) is 5.47. The summed E-state index contributed by atoms with van der Waals surface area (Å²) in [7, 11) is 0. The fraction of sp³-hybridized carbons (Fsp3) is 0.450. The van der Waals surface area contributed by atoms with Crippen molar-refractivity contribution in [2.24, 2.45) is 4.99 Å². The molecule has 0 bridgehead atoms. The first-order valence-electron chi connectivity index (χ1n) is 9.54. The van der Waals surface area contributed by atoms with Crippen LogP contribution in [0.3, 0.4) is 0 Å². The molecule has 1 aliphatic rings. The highest BCUT2D eigenvalue weighted by molar-refractivity contribution is 7.09. The summed E-state index contributed by atoms with van der Waals surface area (Å²) in [5.74, 6) is 0.995. The molecule has 1 fully saturated rings. The van der Waals surface area contributed by atoms with Gasteiger partial charge in [-0.3, -0.25) is 4.79 Å². The average Bonchev–Trinajstić information content (AvgIpc) is 3.33. The molecule has 6 nitrogen and oxygen atoms in total. The number of nitrogens with one attached hydrogen (secondary N) is 2. The van der Waals surface area contributed by atoms with Crippen molar-refractivity contribution in [1.82, 2.24) is 15.6 Å². The van der Waals surface area contributed by atoms with Gasteiger partial charge in [0.2, 0.25) is 5.91 Å². The van der Waals surface area contributed by atoms with Crippen LogP contribution < -0.4 is 15.5 Å². The molecule has 27 heavy (non-hydrogen) atoms. The molecule has 7 heteroatoms. The van der Waals surface area contributed by atoms with E-state index in [-0.39, 0.29) is 5.91 Å². The number of aromatic nitrogens is 1. The van der Waals surface area contributed by atoms with Crippen LogP contribution in [0.5, 0.6) is 0 Å². The lowest BCUT2D eigenvalue weighted by Gasteiger charge is -2.15. The van der Waals surface area contributed by atoms with Gasteiger partial charge >= 0.3 is 0 Å². The number of guanidine groups is 1. The number of hydrogen-bond donors (Lipinski definition) is 2. The number of rotatable bonds is 7. The lowest BCUT2D eigenvalue weighted by molar-refractivity contribution is -0.117. The molecule has 0 aliphatic carbocycles. The van der Waals surface area contributed by atoms with Gasteiger partial charge in [0.1, 0.15) is 0 Å². The van der Waals surface area contributed by atoms with E-state index in [4.69, 9.17) is 0 Å². The van der Waals surface area contributed by atoms with Gasteiger partial charge in [0.05, 0.1) is 23.8 Å². The number of thiazole rings is 1.